The van der Waals surface area contributed by atoms with Gasteiger partial charge in [0.1, 0.15) is 52.7 Å². The molecule has 1 N–H and O–H groups in total. The van der Waals surface area contributed by atoms with E-state index in [1.54, 1.807) is 0 Å². The summed E-state index contributed by atoms with van der Waals surface area (Å²) in [6, 6.07) is 8.96. The quantitative estimate of drug-likeness (QED) is 0.00995. The molecule has 1 aromatic heterocycles. The lowest BCUT2D eigenvalue weighted by molar-refractivity contribution is -0.679. The summed E-state index contributed by atoms with van der Waals surface area (Å²) < 4.78 is 297. The number of imidazole rings is 1. The number of benzene rings is 5. The summed E-state index contributed by atoms with van der Waals surface area (Å²) in [4.78, 5) is 3.78. The number of aryl methyl sites for hydroxylation is 2. The van der Waals surface area contributed by atoms with E-state index in [1.807, 2.05) is 0 Å². The van der Waals surface area contributed by atoms with Crippen LogP contribution in [-0.2, 0) is 13.0 Å². The van der Waals surface area contributed by atoms with Gasteiger partial charge < -0.3 is 0 Å². The minimum atomic E-state index is -7.22. The number of H-pyrrole nitrogens is 1. The number of para-hydroxylation sites is 2. The zero-order valence-corrected chi connectivity index (χ0v) is 50.9. The minimum Gasteiger partial charge on any atom is -0.241 e. The Balaban J connectivity index is 0.000000327. The van der Waals surface area contributed by atoms with Crippen LogP contribution >= 0.6 is 0 Å². The van der Waals surface area contributed by atoms with Crippen molar-refractivity contribution in [3.8, 4) is 0 Å². The lowest BCUT2D eigenvalue weighted by Gasteiger charge is -2.44. The fourth-order valence-electron chi connectivity index (χ4n) is 12.2. The topological polar surface area (TPSA) is 19.7 Å². The monoisotopic (exact) mass is 1300 g/mol. The summed E-state index contributed by atoms with van der Waals surface area (Å²) >= 11 is 0. The highest BCUT2D eigenvalue weighted by Gasteiger charge is 2.52. The Morgan fingerprint density at radius 3 is 0.733 bits per heavy atom. The Hall–Kier alpha value is -5.77. The van der Waals surface area contributed by atoms with Crippen molar-refractivity contribution in [2.45, 2.75) is 232 Å². The summed E-state index contributed by atoms with van der Waals surface area (Å²) in [5.41, 5.74) is -11.6. The molecule has 0 aliphatic rings. The molecule has 0 aliphatic heterocycles. The molecule has 0 bridgehead atoms. The van der Waals surface area contributed by atoms with Crippen LogP contribution in [0.5, 0.6) is 0 Å². The van der Waals surface area contributed by atoms with Crippen LogP contribution in [0, 0.1) is 116 Å². The summed E-state index contributed by atoms with van der Waals surface area (Å²) in [7, 11) is 0. The summed E-state index contributed by atoms with van der Waals surface area (Å²) in [5.74, 6) is -69.9. The zero-order chi connectivity index (χ0) is 66.2. The second-order valence-electron chi connectivity index (χ2n) is 23.4. The highest BCUT2D eigenvalue weighted by molar-refractivity contribution is 7.20. The van der Waals surface area contributed by atoms with E-state index in [2.05, 4.69) is 47.7 Å². The van der Waals surface area contributed by atoms with Gasteiger partial charge in [0.05, 0.1) is 6.54 Å². The predicted octanol–water partition coefficient (Wildman–Crippen LogP) is 20.4. The average Bonchev–Trinajstić information content (AvgIpc) is 0.772. The Morgan fingerprint density at radius 2 is 0.478 bits per heavy atom. The molecule has 1 heterocycles. The number of nitrogens with one attached hydrogen (secondary N) is 1. The maximum atomic E-state index is 15.4. The number of halogens is 20. The lowest BCUT2D eigenvalue weighted by atomic mass is 9.12. The number of hydrogen-bond acceptors (Lipinski definition) is 0. The Bertz CT molecular complexity index is 2880. The van der Waals surface area contributed by atoms with E-state index in [0.29, 0.717) is 0 Å². The first kappa shape index (κ1) is 75.0. The van der Waals surface area contributed by atoms with Crippen molar-refractivity contribution < 1.29 is 92.4 Å². The van der Waals surface area contributed by atoms with Gasteiger partial charge in [-0.05, 0) is 31.4 Å². The van der Waals surface area contributed by atoms with Crippen LogP contribution in [0.25, 0.3) is 11.0 Å². The summed E-state index contributed by atoms with van der Waals surface area (Å²) in [6.45, 7) is 5.79. The molecule has 500 valence electrons. The molecule has 2 nitrogen and oxygen atoms in total. The van der Waals surface area contributed by atoms with E-state index in [1.165, 1.54) is 235 Å². The fourth-order valence-corrected chi connectivity index (χ4v) is 12.2. The van der Waals surface area contributed by atoms with Crippen molar-refractivity contribution in [3.05, 3.63) is 146 Å². The molecular weight excluding hydrogens is 1220 g/mol. The maximum Gasteiger partial charge on any atom is 0.255 e. The molecule has 0 saturated carbocycles. The first-order valence-corrected chi connectivity index (χ1v) is 31.8. The molecule has 6 aromatic rings. The SMILES string of the molecule is CCCCCCCCCCCCCCCCCCc1[nH]c2ccccc2[n+]1CCCCCCCCCCCCCCCCCC.Fc1c(F)c(F)c([B-](c2c(F)c(F)c(F)c(F)c2F)(c2c(F)c(F)c(F)c(F)c2F)c2c(F)c(F)c(F)c(F)c2F)c(F)c1F. The van der Waals surface area contributed by atoms with E-state index in [-0.39, 0.29) is 0 Å². The van der Waals surface area contributed by atoms with E-state index < -0.39 is 144 Å². The smallest absolute Gasteiger partial charge is 0.241 e. The highest BCUT2D eigenvalue weighted by atomic mass is 19.2. The molecule has 0 radical (unpaired) electrons. The maximum absolute atomic E-state index is 15.4. The normalized spacial score (nSPS) is 11.8. The molecule has 0 amide bonds. The van der Waals surface area contributed by atoms with Gasteiger partial charge in [-0.15, -0.1) is 21.9 Å². The van der Waals surface area contributed by atoms with Crippen molar-refractivity contribution in [1.29, 1.82) is 0 Å². The molecule has 0 aliphatic carbocycles. The van der Waals surface area contributed by atoms with Crippen LogP contribution in [0.15, 0.2) is 24.3 Å². The number of unbranched alkanes of at least 4 members (excludes halogenated alkanes) is 30. The van der Waals surface area contributed by atoms with Gasteiger partial charge >= 0.3 is 0 Å². The van der Waals surface area contributed by atoms with Gasteiger partial charge in [0.2, 0.25) is 0 Å². The standard InChI is InChI=1S/C43H78N2.C24BF20/c1-3-5-7-9-11-13-15-17-19-21-23-25-27-29-31-33-39-43-44-41-37-34-35-38-42(41)45(43)40-36-32-30-28-26-24-22-20-18-16-14-12-10-8-6-4-2;26-5-1(6(27)14(35)21(42)13(5)34)25(2-7(28)15(36)22(43)16(37)8(2)29,3-9(30)17(38)23(44)18(39)10(3)31)4-11(32)19(40)24(45)20(41)12(4)33/h34-35,37-38H,3-33,36,39-40H2,1-2H3;/q;-1/p+1. The highest BCUT2D eigenvalue weighted by Crippen LogP contribution is 2.31. The molecule has 0 saturated heterocycles. The predicted molar refractivity (Wildman–Crippen MR) is 311 cm³/mol. The largest absolute Gasteiger partial charge is 0.255 e. The summed E-state index contributed by atoms with van der Waals surface area (Å²) in [6.07, 6.45) is 39.9. The molecule has 0 fully saturated rings. The van der Waals surface area contributed by atoms with Gasteiger partial charge in [-0.25, -0.2) is 97.4 Å². The number of nitrogens with zero attached hydrogens (tertiary/aromatic N) is 1. The van der Waals surface area contributed by atoms with E-state index in [0.717, 1.165) is 0 Å². The van der Waals surface area contributed by atoms with Crippen LogP contribution in [-0.4, -0.2) is 11.1 Å². The van der Waals surface area contributed by atoms with Crippen LogP contribution < -0.4 is 26.4 Å². The van der Waals surface area contributed by atoms with Crippen LogP contribution in [0.3, 0.4) is 0 Å². The number of aromatic nitrogens is 2. The second-order valence-corrected chi connectivity index (χ2v) is 23.4. The van der Waals surface area contributed by atoms with E-state index in [9.17, 15) is 52.7 Å². The molecule has 0 spiro atoms. The van der Waals surface area contributed by atoms with Gasteiger partial charge in [-0.3, -0.25) is 0 Å². The van der Waals surface area contributed by atoms with Gasteiger partial charge in [0, 0.05) is 6.42 Å². The number of fused-ring (bicyclic) bond motifs is 1. The minimum absolute atomic E-state index is 1.18. The Kier molecular flexibility index (Phi) is 30.9. The van der Waals surface area contributed by atoms with Gasteiger partial charge in [-0.2, -0.15) is 0 Å². The average molecular weight is 1300 g/mol. The molecule has 5 aromatic carbocycles. The van der Waals surface area contributed by atoms with Crippen molar-refractivity contribution in [2.24, 2.45) is 0 Å². The molecule has 6 rings (SSSR count). The van der Waals surface area contributed by atoms with Crippen LogP contribution in [0.4, 0.5) is 87.8 Å². The number of hydrogen-bond donors (Lipinski definition) is 1. The molecule has 0 atom stereocenters. The molecule has 90 heavy (non-hydrogen) atoms. The van der Waals surface area contributed by atoms with Gasteiger partial charge in [-0.1, -0.05) is 212 Å². The third-order valence-electron chi connectivity index (χ3n) is 17.0. The van der Waals surface area contributed by atoms with Crippen molar-refractivity contribution in [2.75, 3.05) is 0 Å². The number of rotatable bonds is 38. The van der Waals surface area contributed by atoms with E-state index >= 15 is 35.1 Å². The molecule has 23 heteroatoms. The fraction of sp³-hybridized carbons (Fsp3) is 0.537. The van der Waals surface area contributed by atoms with Crippen molar-refractivity contribution in [1.82, 2.24) is 4.98 Å². The number of aromatic amines is 1. The van der Waals surface area contributed by atoms with Crippen LogP contribution in [0.2, 0.25) is 0 Å². The molecule has 0 unspecified atom stereocenters. The Morgan fingerprint density at radius 1 is 0.267 bits per heavy atom. The third-order valence-corrected chi connectivity index (χ3v) is 17.0. The zero-order valence-electron chi connectivity index (χ0n) is 50.9. The van der Waals surface area contributed by atoms with E-state index in [4.69, 9.17) is 0 Å². The Labute approximate surface area is 513 Å². The first-order chi connectivity index (χ1) is 43.1. The third kappa shape index (κ3) is 18.1. The lowest BCUT2D eigenvalue weighted by Crippen LogP contribution is -2.81. The first-order valence-electron chi connectivity index (χ1n) is 31.8. The van der Waals surface area contributed by atoms with Crippen LogP contribution in [0.1, 0.15) is 225 Å². The molecular formula is C67H79BF20N2. The van der Waals surface area contributed by atoms with Crippen molar-refractivity contribution >= 4 is 39.0 Å². The summed E-state index contributed by atoms with van der Waals surface area (Å²) in [5, 5.41) is 0. The van der Waals surface area contributed by atoms with Crippen molar-refractivity contribution in [3.63, 3.8) is 0 Å². The second kappa shape index (κ2) is 37.1. The van der Waals surface area contributed by atoms with Gasteiger partial charge in [0.25, 0.3) is 5.82 Å². The van der Waals surface area contributed by atoms with Gasteiger partial charge in [0.15, 0.2) is 80.8 Å².